The predicted octanol–water partition coefficient (Wildman–Crippen LogP) is 9.83. The SMILES string of the molecule is CC.CC.CCC1CCC2(C)CCC3(C)C(=CCC4C5(C)CCC(O)C(C)C5CCC43C)C2C1. The highest BCUT2D eigenvalue weighted by molar-refractivity contribution is 5.33. The minimum Gasteiger partial charge on any atom is -0.393 e. The van der Waals surface area contributed by atoms with E-state index in [1.807, 2.05) is 33.3 Å². The van der Waals surface area contributed by atoms with Crippen LogP contribution < -0.4 is 0 Å². The van der Waals surface area contributed by atoms with Gasteiger partial charge in [0.2, 0.25) is 0 Å². The molecule has 5 rings (SSSR count). The molecule has 0 amide bonds. The molecule has 4 fully saturated rings. The van der Waals surface area contributed by atoms with Gasteiger partial charge in [0.15, 0.2) is 0 Å². The van der Waals surface area contributed by atoms with Crippen molar-refractivity contribution >= 4 is 0 Å². The van der Waals surface area contributed by atoms with Gasteiger partial charge in [-0.05, 0) is 115 Å². The van der Waals surface area contributed by atoms with Crippen LogP contribution in [0.5, 0.6) is 0 Å². The third-order valence-electron chi connectivity index (χ3n) is 12.8. The lowest BCUT2D eigenvalue weighted by Crippen LogP contribution is -2.62. The molecular weight excluding hydrogens is 412 g/mol. The summed E-state index contributed by atoms with van der Waals surface area (Å²) < 4.78 is 0. The Labute approximate surface area is 214 Å². The van der Waals surface area contributed by atoms with Gasteiger partial charge in [-0.2, -0.15) is 0 Å². The average Bonchev–Trinajstić information content (AvgIpc) is 2.84. The number of hydrogen-bond acceptors (Lipinski definition) is 1. The lowest BCUT2D eigenvalue weighted by molar-refractivity contribution is -0.178. The largest absolute Gasteiger partial charge is 0.393 e. The van der Waals surface area contributed by atoms with Gasteiger partial charge in [0.25, 0.3) is 0 Å². The van der Waals surface area contributed by atoms with Gasteiger partial charge in [-0.25, -0.2) is 0 Å². The Morgan fingerprint density at radius 3 is 2.21 bits per heavy atom. The van der Waals surface area contributed by atoms with Gasteiger partial charge in [0.1, 0.15) is 0 Å². The van der Waals surface area contributed by atoms with Gasteiger partial charge in [0, 0.05) is 0 Å². The highest BCUT2D eigenvalue weighted by atomic mass is 16.3. The monoisotopic (exact) mass is 472 g/mol. The number of rotatable bonds is 1. The van der Waals surface area contributed by atoms with Crippen LogP contribution >= 0.6 is 0 Å². The topological polar surface area (TPSA) is 20.2 Å². The first-order chi connectivity index (χ1) is 16.1. The van der Waals surface area contributed by atoms with Crippen molar-refractivity contribution in [1.82, 2.24) is 0 Å². The summed E-state index contributed by atoms with van der Waals surface area (Å²) in [5.41, 5.74) is 3.70. The summed E-state index contributed by atoms with van der Waals surface area (Å²) in [6.07, 6.45) is 17.6. The zero-order chi connectivity index (χ0) is 25.5. The summed E-state index contributed by atoms with van der Waals surface area (Å²) in [7, 11) is 0. The molecule has 1 nitrogen and oxygen atoms in total. The Morgan fingerprint density at radius 2 is 1.56 bits per heavy atom. The maximum atomic E-state index is 10.6. The molecule has 34 heavy (non-hydrogen) atoms. The van der Waals surface area contributed by atoms with Gasteiger partial charge in [-0.15, -0.1) is 0 Å². The summed E-state index contributed by atoms with van der Waals surface area (Å²) in [6, 6.07) is 0. The van der Waals surface area contributed by atoms with Crippen molar-refractivity contribution in [3.05, 3.63) is 11.6 Å². The summed E-state index contributed by atoms with van der Waals surface area (Å²) in [4.78, 5) is 0. The molecule has 1 heteroatoms. The molecule has 0 radical (unpaired) electrons. The molecule has 10 atom stereocenters. The fraction of sp³-hybridized carbons (Fsp3) is 0.939. The first kappa shape index (κ1) is 28.3. The molecule has 0 spiro atoms. The quantitative estimate of drug-likeness (QED) is 0.376. The smallest absolute Gasteiger partial charge is 0.0568 e. The van der Waals surface area contributed by atoms with Crippen LogP contribution in [0.3, 0.4) is 0 Å². The van der Waals surface area contributed by atoms with Crippen molar-refractivity contribution in [3.63, 3.8) is 0 Å². The lowest BCUT2D eigenvalue weighted by Gasteiger charge is -2.70. The van der Waals surface area contributed by atoms with E-state index < -0.39 is 0 Å². The molecule has 5 aliphatic carbocycles. The van der Waals surface area contributed by atoms with Crippen molar-refractivity contribution in [2.75, 3.05) is 0 Å². The van der Waals surface area contributed by atoms with Crippen LogP contribution in [0.2, 0.25) is 0 Å². The second-order valence-electron chi connectivity index (χ2n) is 13.6. The molecule has 0 aliphatic heterocycles. The first-order valence-electron chi connectivity index (χ1n) is 15.5. The summed E-state index contributed by atoms with van der Waals surface area (Å²) >= 11 is 0. The molecule has 0 aromatic carbocycles. The van der Waals surface area contributed by atoms with Crippen LogP contribution in [-0.4, -0.2) is 11.2 Å². The fourth-order valence-electron chi connectivity index (χ4n) is 10.3. The van der Waals surface area contributed by atoms with Crippen LogP contribution in [0.25, 0.3) is 0 Å². The first-order valence-corrected chi connectivity index (χ1v) is 15.5. The van der Waals surface area contributed by atoms with E-state index in [2.05, 4.69) is 47.6 Å². The van der Waals surface area contributed by atoms with Gasteiger partial charge < -0.3 is 5.11 Å². The second-order valence-corrected chi connectivity index (χ2v) is 13.6. The summed E-state index contributed by atoms with van der Waals surface area (Å²) in [6.45, 7) is 23.4. The van der Waals surface area contributed by atoms with Crippen molar-refractivity contribution in [3.8, 4) is 0 Å². The molecule has 0 aromatic rings. The predicted molar refractivity (Wildman–Crippen MR) is 149 cm³/mol. The molecule has 5 aliphatic rings. The van der Waals surface area contributed by atoms with Crippen LogP contribution in [0.15, 0.2) is 11.6 Å². The minimum absolute atomic E-state index is 0.0682. The third-order valence-corrected chi connectivity index (χ3v) is 12.8. The standard InChI is InChI=1S/C29H48O.2C2H6/c1-7-20-10-13-26(3)16-17-28(5)22(23(26)18-20)8-9-25-27(4)14-12-24(30)19(2)21(27)11-15-29(25,28)6;2*1-2/h8,19-21,23-25,30H,7,9-18H2,1-6H3;2*1-2H3. The molecule has 10 unspecified atom stereocenters. The Hall–Kier alpha value is -0.300. The molecule has 0 saturated heterocycles. The Bertz CT molecular complexity index is 724. The number of aliphatic hydroxyl groups excluding tert-OH is 1. The zero-order valence-electron chi connectivity index (χ0n) is 24.8. The Kier molecular flexibility index (Phi) is 8.50. The second kappa shape index (κ2) is 10.2. The van der Waals surface area contributed by atoms with Crippen LogP contribution in [-0.2, 0) is 0 Å². The van der Waals surface area contributed by atoms with Gasteiger partial charge in [-0.1, -0.05) is 87.3 Å². The van der Waals surface area contributed by atoms with Crippen LogP contribution in [0.1, 0.15) is 140 Å². The highest BCUT2D eigenvalue weighted by Gasteiger charge is 2.66. The number of hydrogen-bond donors (Lipinski definition) is 1. The molecule has 0 heterocycles. The van der Waals surface area contributed by atoms with E-state index in [0.717, 1.165) is 24.2 Å². The maximum Gasteiger partial charge on any atom is 0.0568 e. The van der Waals surface area contributed by atoms with E-state index in [4.69, 9.17) is 0 Å². The molecular formula is C33H60O. The van der Waals surface area contributed by atoms with Crippen molar-refractivity contribution in [2.45, 2.75) is 146 Å². The molecule has 4 saturated carbocycles. The third kappa shape index (κ3) is 3.97. The lowest BCUT2D eigenvalue weighted by atomic mass is 9.35. The van der Waals surface area contributed by atoms with Gasteiger partial charge in [-0.3, -0.25) is 0 Å². The maximum absolute atomic E-state index is 10.6. The van der Waals surface area contributed by atoms with E-state index in [9.17, 15) is 5.11 Å². The van der Waals surface area contributed by atoms with Crippen molar-refractivity contribution in [2.24, 2.45) is 51.2 Å². The fourth-order valence-corrected chi connectivity index (χ4v) is 10.3. The van der Waals surface area contributed by atoms with Crippen LogP contribution in [0.4, 0.5) is 0 Å². The van der Waals surface area contributed by atoms with E-state index in [1.54, 1.807) is 0 Å². The summed E-state index contributed by atoms with van der Waals surface area (Å²) in [5, 5.41) is 10.6. The Morgan fingerprint density at radius 1 is 0.882 bits per heavy atom. The van der Waals surface area contributed by atoms with E-state index in [-0.39, 0.29) is 6.10 Å². The zero-order valence-corrected chi connectivity index (χ0v) is 24.8. The van der Waals surface area contributed by atoms with Crippen molar-refractivity contribution in [1.29, 1.82) is 0 Å². The Balaban J connectivity index is 0.000000771. The van der Waals surface area contributed by atoms with E-state index >= 15 is 0 Å². The minimum atomic E-state index is -0.0682. The van der Waals surface area contributed by atoms with Crippen LogP contribution in [0, 0.1) is 51.2 Å². The van der Waals surface area contributed by atoms with Gasteiger partial charge >= 0.3 is 0 Å². The van der Waals surface area contributed by atoms with Crippen molar-refractivity contribution < 1.29 is 5.11 Å². The van der Waals surface area contributed by atoms with Gasteiger partial charge in [0.05, 0.1) is 6.10 Å². The molecule has 0 aromatic heterocycles. The average molecular weight is 473 g/mol. The van der Waals surface area contributed by atoms with E-state index in [1.165, 1.54) is 64.2 Å². The molecule has 0 bridgehead atoms. The number of fused-ring (bicyclic) bond motifs is 7. The number of aliphatic hydroxyl groups is 1. The number of allylic oxidation sites excluding steroid dienone is 2. The molecule has 198 valence electrons. The summed E-state index contributed by atoms with van der Waals surface area (Å²) in [5.74, 6) is 3.77. The molecule has 1 N–H and O–H groups in total. The highest BCUT2D eigenvalue weighted by Crippen LogP contribution is 2.74. The normalized spacial score (nSPS) is 51.6. The van der Waals surface area contributed by atoms with E-state index in [0.29, 0.717) is 33.5 Å².